The number of pyridine rings is 1. The van der Waals surface area contributed by atoms with Gasteiger partial charge in [0, 0.05) is 18.1 Å². The van der Waals surface area contributed by atoms with Crippen LogP contribution < -0.4 is 21.9 Å². The van der Waals surface area contributed by atoms with Crippen LogP contribution >= 0.6 is 0 Å². The molecule has 3 heterocycles. The lowest BCUT2D eigenvalue weighted by Gasteiger charge is -2.22. The summed E-state index contributed by atoms with van der Waals surface area (Å²) in [5.74, 6) is -3.11. The third-order valence-electron chi connectivity index (χ3n) is 5.98. The van der Waals surface area contributed by atoms with E-state index in [2.05, 4.69) is 24.8 Å². The molecule has 216 valence electrons. The summed E-state index contributed by atoms with van der Waals surface area (Å²) in [6, 6.07) is 11.8. The Bertz CT molecular complexity index is 1790. The predicted octanol–water partition coefficient (Wildman–Crippen LogP) is 4.33. The average Bonchev–Trinajstić information content (AvgIpc) is 3.25. The highest BCUT2D eigenvalue weighted by molar-refractivity contribution is 5.79. The number of amides is 1. The molecule has 6 N–H and O–H groups in total. The quantitative estimate of drug-likeness (QED) is 0.235. The minimum absolute atomic E-state index is 0.0254. The van der Waals surface area contributed by atoms with Crippen LogP contribution in [-0.2, 0) is 11.2 Å². The van der Waals surface area contributed by atoms with Crippen LogP contribution in [0.1, 0.15) is 28.5 Å². The number of anilines is 2. The molecule has 0 aliphatic heterocycles. The molecule has 5 aromatic rings. The first-order valence-corrected chi connectivity index (χ1v) is 11.9. The number of fused-ring (bicyclic) bond motifs is 1. The second kappa shape index (κ2) is 10.8. The van der Waals surface area contributed by atoms with Crippen molar-refractivity contribution in [3.63, 3.8) is 0 Å². The molecule has 0 saturated heterocycles. The number of aromatic nitrogens is 5. The lowest BCUT2D eigenvalue weighted by Crippen LogP contribution is -2.24. The zero-order valence-corrected chi connectivity index (χ0v) is 21.1. The Kier molecular flexibility index (Phi) is 7.20. The minimum Gasteiger partial charge on any atom is -0.436 e. The number of carbonyl (C=O) groups is 1. The van der Waals surface area contributed by atoms with Crippen LogP contribution in [0.5, 0.6) is 5.75 Å². The summed E-state index contributed by atoms with van der Waals surface area (Å²) in [6.45, 7) is 0. The highest BCUT2D eigenvalue weighted by Gasteiger charge is 2.35. The molecular formula is C26H19F5N8O3. The molecule has 0 aliphatic rings. The van der Waals surface area contributed by atoms with Crippen LogP contribution in [0.2, 0.25) is 0 Å². The molecule has 0 radical (unpaired) electrons. The van der Waals surface area contributed by atoms with Crippen LogP contribution in [-0.4, -0.2) is 37.2 Å². The summed E-state index contributed by atoms with van der Waals surface area (Å²) in [7, 11) is 0. The van der Waals surface area contributed by atoms with Gasteiger partial charge in [-0.25, -0.2) is 18.6 Å². The van der Waals surface area contributed by atoms with Crippen LogP contribution in [0, 0.1) is 11.6 Å². The van der Waals surface area contributed by atoms with Gasteiger partial charge in [0.1, 0.15) is 34.5 Å². The largest absolute Gasteiger partial charge is 0.573 e. The standard InChI is InChI=1S/C26H19F5N8O3/c27-13-10-17-20(35-11-13)16(9-12-5-1-3-7-15(12)28)38-39(17)25-36-22(32)19(23(33)37-25)21(41-24(34)40)14-6-2-4-8-18(14)42-26(29,30)31/h1-8,10-11,21H,9H2,(H2,34,40)(H4,32,33,36,37). The van der Waals surface area contributed by atoms with Gasteiger partial charge in [0.15, 0.2) is 6.10 Å². The number of hydrogen-bond donors (Lipinski definition) is 3. The first-order chi connectivity index (χ1) is 19.9. The zero-order valence-electron chi connectivity index (χ0n) is 21.1. The van der Waals surface area contributed by atoms with Crippen molar-refractivity contribution >= 4 is 28.8 Å². The zero-order chi connectivity index (χ0) is 30.2. The van der Waals surface area contributed by atoms with Crippen molar-refractivity contribution < 1.29 is 36.2 Å². The Hall–Kier alpha value is -5.54. The molecule has 2 aromatic carbocycles. The normalized spacial score (nSPS) is 12.3. The number of carbonyl (C=O) groups excluding carboxylic acids is 1. The predicted molar refractivity (Wildman–Crippen MR) is 138 cm³/mol. The second-order valence-corrected chi connectivity index (χ2v) is 8.76. The molecule has 16 heteroatoms. The highest BCUT2D eigenvalue weighted by atomic mass is 19.4. The topological polar surface area (TPSA) is 170 Å². The third-order valence-corrected chi connectivity index (χ3v) is 5.98. The Balaban J connectivity index is 1.63. The SMILES string of the molecule is NC(=O)OC(c1ccccc1OC(F)(F)F)c1c(N)nc(-n2nc(Cc3ccccc3F)c3ncc(F)cc32)nc1N. The number of primary amides is 1. The van der Waals surface area contributed by atoms with Crippen molar-refractivity contribution in [1.82, 2.24) is 24.7 Å². The van der Waals surface area contributed by atoms with Gasteiger partial charge in [0.2, 0.25) is 0 Å². The second-order valence-electron chi connectivity index (χ2n) is 8.76. The Morgan fingerprint density at radius 2 is 1.67 bits per heavy atom. The number of halogens is 5. The first kappa shape index (κ1) is 28.0. The number of hydrogen-bond acceptors (Lipinski definition) is 9. The van der Waals surface area contributed by atoms with E-state index in [9.17, 15) is 26.7 Å². The molecule has 5 rings (SSSR count). The number of nitrogens with zero attached hydrogens (tertiary/aromatic N) is 5. The van der Waals surface area contributed by atoms with Crippen molar-refractivity contribution in [1.29, 1.82) is 0 Å². The third kappa shape index (κ3) is 5.67. The Labute approximate surface area is 232 Å². The van der Waals surface area contributed by atoms with Gasteiger partial charge < -0.3 is 26.7 Å². The highest BCUT2D eigenvalue weighted by Crippen LogP contribution is 2.39. The van der Waals surface area contributed by atoms with Crippen molar-refractivity contribution in [3.05, 3.63) is 94.8 Å². The van der Waals surface area contributed by atoms with E-state index in [-0.39, 0.29) is 45.8 Å². The summed E-state index contributed by atoms with van der Waals surface area (Å²) < 4.78 is 78.0. The molecule has 0 aliphatic carbocycles. The minimum atomic E-state index is -5.09. The Morgan fingerprint density at radius 1 is 1.00 bits per heavy atom. The van der Waals surface area contributed by atoms with E-state index in [0.717, 1.165) is 23.0 Å². The number of alkyl halides is 3. The molecule has 42 heavy (non-hydrogen) atoms. The molecule has 1 atom stereocenters. The van der Waals surface area contributed by atoms with Crippen LogP contribution in [0.25, 0.3) is 17.0 Å². The van der Waals surface area contributed by atoms with E-state index in [0.29, 0.717) is 0 Å². The van der Waals surface area contributed by atoms with Gasteiger partial charge in [-0.2, -0.15) is 19.7 Å². The fourth-order valence-electron chi connectivity index (χ4n) is 4.29. The molecule has 0 saturated carbocycles. The number of para-hydroxylation sites is 1. The maximum Gasteiger partial charge on any atom is 0.573 e. The molecule has 0 bridgehead atoms. The first-order valence-electron chi connectivity index (χ1n) is 11.9. The lowest BCUT2D eigenvalue weighted by molar-refractivity contribution is -0.275. The summed E-state index contributed by atoms with van der Waals surface area (Å²) in [5.41, 5.74) is 17.7. The number of benzene rings is 2. The van der Waals surface area contributed by atoms with Crippen molar-refractivity contribution in [3.8, 4) is 11.7 Å². The van der Waals surface area contributed by atoms with E-state index in [1.807, 2.05) is 0 Å². The number of nitrogens with two attached hydrogens (primary N) is 3. The molecule has 11 nitrogen and oxygen atoms in total. The van der Waals surface area contributed by atoms with Crippen molar-refractivity contribution in [2.75, 3.05) is 11.5 Å². The van der Waals surface area contributed by atoms with E-state index >= 15 is 0 Å². The molecule has 1 amide bonds. The molecule has 0 spiro atoms. The van der Waals surface area contributed by atoms with E-state index in [4.69, 9.17) is 21.9 Å². The summed E-state index contributed by atoms with van der Waals surface area (Å²) in [4.78, 5) is 24.1. The van der Waals surface area contributed by atoms with Gasteiger partial charge in [0.25, 0.3) is 5.95 Å². The maximum absolute atomic E-state index is 14.4. The number of ether oxygens (including phenoxy) is 2. The van der Waals surface area contributed by atoms with Crippen LogP contribution in [0.3, 0.4) is 0 Å². The van der Waals surface area contributed by atoms with Crippen LogP contribution in [0.4, 0.5) is 38.4 Å². The molecular weight excluding hydrogens is 567 g/mol. The molecule has 0 fully saturated rings. The summed E-state index contributed by atoms with van der Waals surface area (Å²) in [5, 5.41) is 4.39. The van der Waals surface area contributed by atoms with Gasteiger partial charge >= 0.3 is 12.5 Å². The fourth-order valence-corrected chi connectivity index (χ4v) is 4.29. The van der Waals surface area contributed by atoms with Gasteiger partial charge in [-0.1, -0.05) is 36.4 Å². The van der Waals surface area contributed by atoms with Gasteiger partial charge in [-0.05, 0) is 17.7 Å². The number of rotatable bonds is 7. The number of nitrogen functional groups attached to an aromatic ring is 2. The summed E-state index contributed by atoms with van der Waals surface area (Å²) in [6.07, 6.45) is -7.25. The Morgan fingerprint density at radius 3 is 2.33 bits per heavy atom. The van der Waals surface area contributed by atoms with E-state index in [1.165, 1.54) is 30.3 Å². The van der Waals surface area contributed by atoms with Crippen molar-refractivity contribution in [2.24, 2.45) is 5.73 Å². The van der Waals surface area contributed by atoms with E-state index < -0.39 is 47.6 Å². The molecule has 3 aromatic heterocycles. The fraction of sp³-hybridized carbons (Fsp3) is 0.115. The molecule has 1 unspecified atom stereocenters. The van der Waals surface area contributed by atoms with E-state index in [1.54, 1.807) is 12.1 Å². The van der Waals surface area contributed by atoms with Gasteiger partial charge in [-0.15, -0.1) is 13.2 Å². The van der Waals surface area contributed by atoms with Crippen LogP contribution in [0.15, 0.2) is 60.8 Å². The van der Waals surface area contributed by atoms with Gasteiger partial charge in [-0.3, -0.25) is 0 Å². The summed E-state index contributed by atoms with van der Waals surface area (Å²) >= 11 is 0. The maximum atomic E-state index is 14.4. The average molecular weight is 586 g/mol. The monoisotopic (exact) mass is 586 g/mol. The smallest absolute Gasteiger partial charge is 0.436 e. The lowest BCUT2D eigenvalue weighted by atomic mass is 10.0. The van der Waals surface area contributed by atoms with Gasteiger partial charge in [0.05, 0.1) is 23.0 Å². The van der Waals surface area contributed by atoms with Crippen molar-refractivity contribution in [2.45, 2.75) is 18.9 Å².